The number of aromatic nitrogens is 4. The first-order valence-electron chi connectivity index (χ1n) is 9.78. The molecular formula is C21H20ClFN6O2. The van der Waals surface area contributed by atoms with Crippen LogP contribution in [-0.2, 0) is 9.59 Å². The summed E-state index contributed by atoms with van der Waals surface area (Å²) in [7, 11) is 0. The first-order chi connectivity index (χ1) is 15.0. The molecule has 2 amide bonds. The van der Waals surface area contributed by atoms with E-state index in [1.54, 1.807) is 42.0 Å². The number of halogens is 2. The predicted octanol–water partition coefficient (Wildman–Crippen LogP) is 4.22. The van der Waals surface area contributed by atoms with Crippen LogP contribution in [0.15, 0.2) is 30.7 Å². The molecule has 31 heavy (non-hydrogen) atoms. The number of carbonyl (C=O) groups is 2. The van der Waals surface area contributed by atoms with E-state index in [-0.39, 0.29) is 10.6 Å². The van der Waals surface area contributed by atoms with Crippen molar-refractivity contribution in [3.8, 4) is 11.1 Å². The molecule has 4 aromatic rings. The lowest BCUT2D eigenvalue weighted by Gasteiger charge is -2.17. The molecule has 1 aliphatic rings. The van der Waals surface area contributed by atoms with Crippen molar-refractivity contribution in [2.45, 2.75) is 32.2 Å². The van der Waals surface area contributed by atoms with Crippen molar-refractivity contribution in [3.63, 3.8) is 0 Å². The van der Waals surface area contributed by atoms with Gasteiger partial charge in [-0.1, -0.05) is 30.9 Å². The maximum atomic E-state index is 15.1. The standard InChI is InChI=1S/C18H14ClFN6O2.C3H6/c1-9(21-7-27)14-17(20)16(19)15(11-4-23-25-18(11)14)10-2-3-13-24-12(22-8-28)6-26(13)5-10;1-2-3-1/h2-9H,1H3,(H,21,27)(H,22,28)(H,23,25);1-3H2. The number of hydrogen-bond donors (Lipinski definition) is 3. The van der Waals surface area contributed by atoms with E-state index in [1.165, 1.54) is 19.3 Å². The molecule has 8 nitrogen and oxygen atoms in total. The predicted molar refractivity (Wildman–Crippen MR) is 116 cm³/mol. The molecule has 1 unspecified atom stereocenters. The van der Waals surface area contributed by atoms with Gasteiger partial charge in [0.05, 0.1) is 29.0 Å². The number of nitrogens with zero attached hydrogens (tertiary/aromatic N) is 3. The van der Waals surface area contributed by atoms with Gasteiger partial charge >= 0.3 is 0 Å². The zero-order chi connectivity index (χ0) is 22.0. The summed E-state index contributed by atoms with van der Waals surface area (Å²) in [4.78, 5) is 25.6. The first kappa shape index (κ1) is 20.8. The van der Waals surface area contributed by atoms with E-state index >= 15 is 4.39 Å². The molecule has 0 radical (unpaired) electrons. The lowest BCUT2D eigenvalue weighted by atomic mass is 9.97. The summed E-state index contributed by atoms with van der Waals surface area (Å²) < 4.78 is 16.8. The zero-order valence-corrected chi connectivity index (χ0v) is 17.4. The van der Waals surface area contributed by atoms with Gasteiger partial charge in [-0.05, 0) is 19.1 Å². The van der Waals surface area contributed by atoms with Crippen LogP contribution in [0.25, 0.3) is 27.7 Å². The van der Waals surface area contributed by atoms with Crippen molar-refractivity contribution in [2.24, 2.45) is 0 Å². The summed E-state index contributed by atoms with van der Waals surface area (Å²) in [6.07, 6.45) is 10.5. The lowest BCUT2D eigenvalue weighted by Crippen LogP contribution is -2.18. The van der Waals surface area contributed by atoms with Crippen LogP contribution in [0.1, 0.15) is 37.8 Å². The molecule has 1 saturated carbocycles. The number of anilines is 1. The van der Waals surface area contributed by atoms with Crippen molar-refractivity contribution in [2.75, 3.05) is 5.32 Å². The van der Waals surface area contributed by atoms with E-state index in [2.05, 4.69) is 25.8 Å². The van der Waals surface area contributed by atoms with Gasteiger partial charge in [0.1, 0.15) is 11.5 Å². The second kappa shape index (κ2) is 8.73. The number of imidazole rings is 1. The molecule has 3 N–H and O–H groups in total. The third-order valence-corrected chi connectivity index (χ3v) is 5.23. The molecule has 10 heteroatoms. The van der Waals surface area contributed by atoms with Crippen LogP contribution in [0.3, 0.4) is 0 Å². The molecule has 0 aliphatic heterocycles. The number of fused-ring (bicyclic) bond motifs is 2. The van der Waals surface area contributed by atoms with Gasteiger partial charge in [0, 0.05) is 28.3 Å². The first-order valence-corrected chi connectivity index (χ1v) is 10.2. The number of aromatic amines is 1. The smallest absolute Gasteiger partial charge is 0.212 e. The quantitative estimate of drug-likeness (QED) is 0.389. The molecule has 3 heterocycles. The van der Waals surface area contributed by atoms with Crippen molar-refractivity contribution < 1.29 is 14.0 Å². The van der Waals surface area contributed by atoms with Crippen molar-refractivity contribution in [3.05, 3.63) is 47.1 Å². The Kier molecular flexibility index (Phi) is 5.85. The number of pyridine rings is 1. The van der Waals surface area contributed by atoms with Crippen molar-refractivity contribution in [1.82, 2.24) is 24.9 Å². The lowest BCUT2D eigenvalue weighted by molar-refractivity contribution is -0.110. The van der Waals surface area contributed by atoms with E-state index in [0.717, 1.165) is 0 Å². The van der Waals surface area contributed by atoms with Crippen LogP contribution in [0.5, 0.6) is 0 Å². The molecule has 0 spiro atoms. The molecule has 0 saturated heterocycles. The van der Waals surface area contributed by atoms with Gasteiger partial charge in [0.15, 0.2) is 5.82 Å². The third-order valence-electron chi connectivity index (χ3n) is 4.88. The Labute approximate surface area is 181 Å². The van der Waals surface area contributed by atoms with E-state index in [1.807, 2.05) is 0 Å². The Morgan fingerprint density at radius 2 is 2.00 bits per heavy atom. The molecule has 3 aromatic heterocycles. The van der Waals surface area contributed by atoms with Gasteiger partial charge in [-0.25, -0.2) is 9.37 Å². The number of rotatable bonds is 6. The summed E-state index contributed by atoms with van der Waals surface area (Å²) in [6.45, 7) is 1.65. The third kappa shape index (κ3) is 4.09. The minimum atomic E-state index is -0.635. The van der Waals surface area contributed by atoms with Gasteiger partial charge in [-0.3, -0.25) is 14.7 Å². The second-order valence-corrected chi connectivity index (χ2v) is 7.59. The van der Waals surface area contributed by atoms with Gasteiger partial charge in [0.25, 0.3) is 0 Å². The Bertz CT molecular complexity index is 1260. The number of hydrogen-bond acceptors (Lipinski definition) is 4. The molecule has 160 valence electrons. The fraction of sp³-hybridized carbons (Fsp3) is 0.238. The maximum Gasteiger partial charge on any atom is 0.212 e. The van der Waals surface area contributed by atoms with Crippen LogP contribution in [0.2, 0.25) is 5.02 Å². The minimum Gasteiger partial charge on any atom is -0.352 e. The Hall–Kier alpha value is -3.46. The normalized spacial score (nSPS) is 13.4. The Morgan fingerprint density at radius 1 is 1.23 bits per heavy atom. The fourth-order valence-corrected chi connectivity index (χ4v) is 3.59. The fourth-order valence-electron chi connectivity index (χ4n) is 3.28. The number of amides is 2. The Balaban J connectivity index is 0.000000710. The van der Waals surface area contributed by atoms with Crippen LogP contribution in [-0.4, -0.2) is 32.4 Å². The SMILES string of the molecule is C1CC1.CC(NC=O)c1c(F)c(Cl)c(-c2ccc3nc(NC=O)cn3c2)c2cn[nH]c12. The zero-order valence-electron chi connectivity index (χ0n) is 16.7. The van der Waals surface area contributed by atoms with Gasteiger partial charge < -0.3 is 15.0 Å². The van der Waals surface area contributed by atoms with Crippen LogP contribution < -0.4 is 10.6 Å². The number of benzene rings is 1. The molecular weight excluding hydrogens is 423 g/mol. The summed E-state index contributed by atoms with van der Waals surface area (Å²) in [5.74, 6) is -0.244. The van der Waals surface area contributed by atoms with E-state index in [4.69, 9.17) is 11.6 Å². The number of nitrogens with one attached hydrogen (secondary N) is 3. The second-order valence-electron chi connectivity index (χ2n) is 7.21. The highest BCUT2D eigenvalue weighted by Crippen LogP contribution is 2.40. The highest BCUT2D eigenvalue weighted by Gasteiger charge is 2.24. The summed E-state index contributed by atoms with van der Waals surface area (Å²) in [6, 6.07) is 2.89. The summed E-state index contributed by atoms with van der Waals surface area (Å²) in [5, 5.41) is 12.4. The van der Waals surface area contributed by atoms with E-state index in [9.17, 15) is 9.59 Å². The number of carbonyl (C=O) groups excluding carboxylic acids is 2. The van der Waals surface area contributed by atoms with Gasteiger partial charge in [0.2, 0.25) is 12.8 Å². The highest BCUT2D eigenvalue weighted by molar-refractivity contribution is 6.35. The summed E-state index contributed by atoms with van der Waals surface area (Å²) >= 11 is 6.40. The molecule has 1 fully saturated rings. The summed E-state index contributed by atoms with van der Waals surface area (Å²) in [5.41, 5.74) is 2.39. The van der Waals surface area contributed by atoms with Crippen molar-refractivity contribution in [1.29, 1.82) is 0 Å². The van der Waals surface area contributed by atoms with Crippen molar-refractivity contribution >= 4 is 46.8 Å². The molecule has 5 rings (SSSR count). The van der Waals surface area contributed by atoms with Crippen LogP contribution >= 0.6 is 11.6 Å². The van der Waals surface area contributed by atoms with E-state index < -0.39 is 11.9 Å². The molecule has 0 bridgehead atoms. The van der Waals surface area contributed by atoms with Crippen LogP contribution in [0.4, 0.5) is 10.2 Å². The van der Waals surface area contributed by atoms with E-state index in [0.29, 0.717) is 46.3 Å². The largest absolute Gasteiger partial charge is 0.352 e. The molecule has 1 atom stereocenters. The molecule has 1 aliphatic carbocycles. The topological polar surface area (TPSA) is 104 Å². The average Bonchev–Trinajstić information content (AvgIpc) is 3.47. The van der Waals surface area contributed by atoms with Crippen LogP contribution in [0, 0.1) is 5.82 Å². The van der Waals surface area contributed by atoms with Gasteiger partial charge in [-0.15, -0.1) is 0 Å². The number of H-pyrrole nitrogens is 1. The van der Waals surface area contributed by atoms with Gasteiger partial charge in [-0.2, -0.15) is 5.10 Å². The minimum absolute atomic E-state index is 0.0749. The maximum absolute atomic E-state index is 15.1. The highest BCUT2D eigenvalue weighted by atomic mass is 35.5. The Morgan fingerprint density at radius 3 is 2.68 bits per heavy atom. The molecule has 1 aromatic carbocycles. The average molecular weight is 443 g/mol. The monoisotopic (exact) mass is 442 g/mol.